The van der Waals surface area contributed by atoms with Gasteiger partial charge in [-0.05, 0) is 6.92 Å². The number of anilines is 1. The zero-order valence-electron chi connectivity index (χ0n) is 6.07. The fourth-order valence-electron chi connectivity index (χ4n) is 0.610. The lowest BCUT2D eigenvalue weighted by atomic mass is 10.3. The molecule has 1 heterocycles. The molecule has 0 unspecified atom stereocenters. The van der Waals surface area contributed by atoms with Crippen molar-refractivity contribution < 1.29 is 0 Å². The SMILES string of the molecule is C[C@H](N)c1nc(N)n(C)n1. The maximum Gasteiger partial charge on any atom is 0.218 e. The number of hydrogen-bond acceptors (Lipinski definition) is 4. The van der Waals surface area contributed by atoms with Crippen LogP contribution in [0.15, 0.2) is 0 Å². The fourth-order valence-corrected chi connectivity index (χ4v) is 0.610. The second-order valence-electron chi connectivity index (χ2n) is 2.24. The van der Waals surface area contributed by atoms with Crippen LogP contribution in [0.3, 0.4) is 0 Å². The van der Waals surface area contributed by atoms with Crippen LogP contribution in [0.5, 0.6) is 0 Å². The van der Waals surface area contributed by atoms with Crippen molar-refractivity contribution in [2.24, 2.45) is 12.8 Å². The highest BCUT2D eigenvalue weighted by molar-refractivity contribution is 5.16. The minimum absolute atomic E-state index is 0.150. The monoisotopic (exact) mass is 141 g/mol. The number of nitrogens with zero attached hydrogens (tertiary/aromatic N) is 3. The maximum atomic E-state index is 5.50. The van der Waals surface area contributed by atoms with Gasteiger partial charge in [-0.25, -0.2) is 4.68 Å². The Morgan fingerprint density at radius 3 is 2.40 bits per heavy atom. The summed E-state index contributed by atoms with van der Waals surface area (Å²) in [6, 6.07) is -0.150. The van der Waals surface area contributed by atoms with Crippen molar-refractivity contribution in [2.75, 3.05) is 5.73 Å². The van der Waals surface area contributed by atoms with E-state index in [-0.39, 0.29) is 6.04 Å². The first kappa shape index (κ1) is 7.01. The Morgan fingerprint density at radius 1 is 1.60 bits per heavy atom. The summed E-state index contributed by atoms with van der Waals surface area (Å²) in [6.45, 7) is 1.81. The highest BCUT2D eigenvalue weighted by Crippen LogP contribution is 2.04. The molecule has 0 saturated carbocycles. The van der Waals surface area contributed by atoms with Crippen molar-refractivity contribution in [3.63, 3.8) is 0 Å². The molecule has 0 aliphatic rings. The van der Waals surface area contributed by atoms with Gasteiger partial charge < -0.3 is 11.5 Å². The third kappa shape index (κ3) is 1.08. The van der Waals surface area contributed by atoms with Gasteiger partial charge in [0.25, 0.3) is 0 Å². The van der Waals surface area contributed by atoms with Crippen molar-refractivity contribution in [3.05, 3.63) is 5.82 Å². The molecular weight excluding hydrogens is 130 g/mol. The van der Waals surface area contributed by atoms with Gasteiger partial charge in [0.05, 0.1) is 6.04 Å². The normalized spacial score (nSPS) is 13.5. The first-order valence-electron chi connectivity index (χ1n) is 3.03. The van der Waals surface area contributed by atoms with E-state index in [9.17, 15) is 0 Å². The molecule has 1 aromatic rings. The highest BCUT2D eigenvalue weighted by atomic mass is 15.4. The van der Waals surface area contributed by atoms with Crippen LogP contribution in [0, 0.1) is 0 Å². The van der Waals surface area contributed by atoms with Gasteiger partial charge in [0.1, 0.15) is 0 Å². The van der Waals surface area contributed by atoms with E-state index >= 15 is 0 Å². The van der Waals surface area contributed by atoms with Crippen LogP contribution >= 0.6 is 0 Å². The van der Waals surface area contributed by atoms with Gasteiger partial charge >= 0.3 is 0 Å². The van der Waals surface area contributed by atoms with E-state index < -0.39 is 0 Å². The van der Waals surface area contributed by atoms with E-state index in [1.807, 2.05) is 6.92 Å². The molecule has 56 valence electrons. The predicted octanol–water partition coefficient (Wildman–Crippen LogP) is -0.583. The molecule has 0 aliphatic heterocycles. The Balaban J connectivity index is 2.98. The van der Waals surface area contributed by atoms with Gasteiger partial charge in [0.15, 0.2) is 5.82 Å². The summed E-state index contributed by atoms with van der Waals surface area (Å²) in [5.41, 5.74) is 10.9. The molecule has 0 radical (unpaired) electrons. The Morgan fingerprint density at radius 2 is 2.20 bits per heavy atom. The summed E-state index contributed by atoms with van der Waals surface area (Å²) in [5.74, 6) is 0.979. The smallest absolute Gasteiger partial charge is 0.218 e. The molecule has 1 rings (SSSR count). The third-order valence-corrected chi connectivity index (χ3v) is 1.22. The average molecular weight is 141 g/mol. The number of aromatic nitrogens is 3. The largest absolute Gasteiger partial charge is 0.368 e. The molecule has 1 aromatic heterocycles. The average Bonchev–Trinajstić information content (AvgIpc) is 2.13. The Hall–Kier alpha value is -1.10. The molecule has 5 nitrogen and oxygen atoms in total. The van der Waals surface area contributed by atoms with Crippen molar-refractivity contribution in [1.82, 2.24) is 14.8 Å². The summed E-state index contributed by atoms with van der Waals surface area (Å²) >= 11 is 0. The number of rotatable bonds is 1. The lowest BCUT2D eigenvalue weighted by molar-refractivity contribution is 0.696. The van der Waals surface area contributed by atoms with E-state index in [0.717, 1.165) is 0 Å². The number of hydrogen-bond donors (Lipinski definition) is 2. The van der Waals surface area contributed by atoms with Crippen molar-refractivity contribution in [3.8, 4) is 0 Å². The van der Waals surface area contributed by atoms with Crippen molar-refractivity contribution in [1.29, 1.82) is 0 Å². The lowest BCUT2D eigenvalue weighted by Gasteiger charge is -1.93. The minimum Gasteiger partial charge on any atom is -0.368 e. The molecular formula is C5H11N5. The summed E-state index contributed by atoms with van der Waals surface area (Å²) in [4.78, 5) is 3.91. The molecule has 10 heavy (non-hydrogen) atoms. The first-order valence-corrected chi connectivity index (χ1v) is 3.03. The zero-order valence-corrected chi connectivity index (χ0v) is 6.07. The summed E-state index contributed by atoms with van der Waals surface area (Å²) in [5, 5.41) is 3.97. The number of nitrogens with two attached hydrogens (primary N) is 2. The van der Waals surface area contributed by atoms with Crippen molar-refractivity contribution in [2.45, 2.75) is 13.0 Å². The molecule has 0 aliphatic carbocycles. The predicted molar refractivity (Wildman–Crippen MR) is 38.0 cm³/mol. The van der Waals surface area contributed by atoms with Gasteiger partial charge in [0, 0.05) is 7.05 Å². The van der Waals surface area contributed by atoms with Crippen LogP contribution in [-0.4, -0.2) is 14.8 Å². The molecule has 5 heteroatoms. The fraction of sp³-hybridized carbons (Fsp3) is 0.600. The van der Waals surface area contributed by atoms with E-state index in [2.05, 4.69) is 10.1 Å². The quantitative estimate of drug-likeness (QED) is 0.548. The van der Waals surface area contributed by atoms with E-state index in [4.69, 9.17) is 11.5 Å². The second kappa shape index (κ2) is 2.26. The molecule has 1 atom stereocenters. The van der Waals surface area contributed by atoms with Crippen LogP contribution < -0.4 is 11.5 Å². The third-order valence-electron chi connectivity index (χ3n) is 1.22. The second-order valence-corrected chi connectivity index (χ2v) is 2.24. The highest BCUT2D eigenvalue weighted by Gasteiger charge is 2.06. The number of nitrogen functional groups attached to an aromatic ring is 1. The van der Waals surface area contributed by atoms with Gasteiger partial charge in [-0.1, -0.05) is 0 Å². The van der Waals surface area contributed by atoms with E-state index in [1.165, 1.54) is 4.68 Å². The van der Waals surface area contributed by atoms with Gasteiger partial charge in [-0.3, -0.25) is 0 Å². The maximum absolute atomic E-state index is 5.50. The van der Waals surface area contributed by atoms with E-state index in [0.29, 0.717) is 11.8 Å². The molecule has 0 aromatic carbocycles. The van der Waals surface area contributed by atoms with Gasteiger partial charge in [-0.15, -0.1) is 0 Å². The Labute approximate surface area is 59.0 Å². The first-order chi connectivity index (χ1) is 4.61. The van der Waals surface area contributed by atoms with Crippen LogP contribution in [0.1, 0.15) is 18.8 Å². The molecule has 0 bridgehead atoms. The lowest BCUT2D eigenvalue weighted by Crippen LogP contribution is -2.07. The van der Waals surface area contributed by atoms with Crippen LogP contribution in [0.2, 0.25) is 0 Å². The standard InChI is InChI=1S/C5H11N5/c1-3(6)4-8-5(7)10(2)9-4/h3H,6H2,1-2H3,(H2,7,8,9)/t3-/m0/s1. The molecule has 0 saturated heterocycles. The van der Waals surface area contributed by atoms with E-state index in [1.54, 1.807) is 7.05 Å². The topological polar surface area (TPSA) is 82.7 Å². The molecule has 0 spiro atoms. The summed E-state index contributed by atoms with van der Waals surface area (Å²) < 4.78 is 1.50. The van der Waals surface area contributed by atoms with Crippen molar-refractivity contribution >= 4 is 5.95 Å². The number of aryl methyl sites for hydroxylation is 1. The van der Waals surface area contributed by atoms with Crippen LogP contribution in [-0.2, 0) is 7.05 Å². The Bertz CT molecular complexity index is 206. The molecule has 0 amide bonds. The van der Waals surface area contributed by atoms with Crippen LogP contribution in [0.4, 0.5) is 5.95 Å². The molecule has 4 N–H and O–H groups in total. The van der Waals surface area contributed by atoms with Gasteiger partial charge in [-0.2, -0.15) is 10.1 Å². The van der Waals surface area contributed by atoms with Crippen LogP contribution in [0.25, 0.3) is 0 Å². The minimum atomic E-state index is -0.150. The summed E-state index contributed by atoms with van der Waals surface area (Å²) in [6.07, 6.45) is 0. The Kier molecular flexibility index (Phi) is 1.58. The van der Waals surface area contributed by atoms with Gasteiger partial charge in [0.2, 0.25) is 5.95 Å². The summed E-state index contributed by atoms with van der Waals surface area (Å²) in [7, 11) is 1.73. The zero-order chi connectivity index (χ0) is 7.72. The molecule has 0 fully saturated rings.